The minimum atomic E-state index is -5.89. The largest absolute Gasteiger partial charge is 1.00 e. The van der Waals surface area contributed by atoms with E-state index in [0.29, 0.717) is 57.5 Å². The van der Waals surface area contributed by atoms with Gasteiger partial charge in [0.1, 0.15) is 18.3 Å². The molecule has 0 aromatic heterocycles. The van der Waals surface area contributed by atoms with Crippen molar-refractivity contribution in [2.45, 2.75) is 269 Å². The molecule has 0 spiro atoms. The van der Waals surface area contributed by atoms with Crippen LogP contribution in [-0.4, -0.2) is 116 Å². The zero-order valence-electron chi connectivity index (χ0n) is 55.6. The molecule has 25 heteroatoms. The number of esters is 4. The van der Waals surface area contributed by atoms with Crippen molar-refractivity contribution in [2.75, 3.05) is 26.4 Å². The van der Waals surface area contributed by atoms with Crippen LogP contribution in [0.1, 0.15) is 186 Å². The summed E-state index contributed by atoms with van der Waals surface area (Å²) < 4.78 is 110. The first-order valence-electron chi connectivity index (χ1n) is 30.2. The summed E-state index contributed by atoms with van der Waals surface area (Å²) in [6, 6.07) is 0.700. The summed E-state index contributed by atoms with van der Waals surface area (Å²) in [6.45, 7) is 47.0. The molecular weight excluding hydrogens is 1190 g/mol. The van der Waals surface area contributed by atoms with E-state index in [1.165, 1.54) is 19.3 Å². The molecule has 0 N–H and O–H groups in total. The fourth-order valence-electron chi connectivity index (χ4n) is 9.77. The molecule has 1 saturated heterocycles. The average molecular weight is 1300 g/mol. The van der Waals surface area contributed by atoms with Gasteiger partial charge in [0.25, 0.3) is 0 Å². The Morgan fingerprint density at radius 3 is 1.49 bits per heavy atom. The monoisotopic (exact) mass is 1300 g/mol. The van der Waals surface area contributed by atoms with Crippen molar-refractivity contribution in [3.05, 3.63) is 4.72 Å². The molecule has 4 bridgehead atoms. The Morgan fingerprint density at radius 2 is 1.11 bits per heavy atom. The number of rotatable bonds is 29. The van der Waals surface area contributed by atoms with Crippen molar-refractivity contribution < 1.29 is 133 Å². The second-order valence-corrected chi connectivity index (χ2v) is 46.9. The molecule has 4 aliphatic carbocycles. The van der Waals surface area contributed by atoms with Crippen LogP contribution in [0, 0.1) is 45.3 Å². The third-order valence-electron chi connectivity index (χ3n) is 15.6. The number of ether oxygens (including phenoxy) is 5. The molecule has 0 radical (unpaired) electrons. The van der Waals surface area contributed by atoms with Crippen LogP contribution in [0.4, 0.5) is 13.2 Å². The zero-order valence-corrected chi connectivity index (χ0v) is 63.6. The third kappa shape index (κ3) is 29.3. The van der Waals surface area contributed by atoms with Gasteiger partial charge in [-0.1, -0.05) is 67.7 Å². The first kappa shape index (κ1) is 82.4. The van der Waals surface area contributed by atoms with Crippen molar-refractivity contribution in [1.29, 1.82) is 0 Å². The van der Waals surface area contributed by atoms with E-state index in [1.54, 1.807) is 13.8 Å². The van der Waals surface area contributed by atoms with Crippen molar-refractivity contribution in [1.82, 2.24) is 0 Å². The van der Waals surface area contributed by atoms with Gasteiger partial charge >= 0.3 is 89.6 Å². The minimum Gasteiger partial charge on any atom is -0.538 e. The quantitative estimate of drug-likeness (QED) is 0.0224. The van der Waals surface area contributed by atoms with Gasteiger partial charge in [0.2, 0.25) is 0 Å². The Kier molecular flexibility index (Phi) is 33.8. The van der Waals surface area contributed by atoms with Crippen LogP contribution < -0.4 is 51.4 Å². The Hall–Kier alpha value is -0.566. The van der Waals surface area contributed by atoms with Crippen LogP contribution in [0.25, 0.3) is 4.72 Å². The molecule has 0 aromatic carbocycles. The second-order valence-electron chi connectivity index (χ2n) is 28.3. The smallest absolute Gasteiger partial charge is 0.538 e. The summed E-state index contributed by atoms with van der Waals surface area (Å²) in [4.78, 5) is 60.3. The summed E-state index contributed by atoms with van der Waals surface area (Å²) in [7, 11) is -14.3. The SMILES string of the molecule is CCC(C)(C)C(=O)OC12CC3CC(C1)CC(C(=O)[N-]S(=O)(=O)C(F)(F)F)(C3)C2.CCC(C)(C)C(=O)OCC1CO1.CCC(C)(C)C(=O)OCCC[Si](O[Si](C)(C)C)(O[Si](C)(C)C)O[Si](C)(C)C.CCCCC(CC)COC(=O)C(C)CC.[K+]. The minimum absolute atomic E-state index is 0. The summed E-state index contributed by atoms with van der Waals surface area (Å²) in [5.41, 5.74) is -9.35. The van der Waals surface area contributed by atoms with Gasteiger partial charge in [-0.15, -0.1) is 0 Å². The summed E-state index contributed by atoms with van der Waals surface area (Å²) in [6.07, 6.45) is 11.1. The number of sulfonamides is 1. The predicted octanol–water partition coefficient (Wildman–Crippen LogP) is 12.1. The van der Waals surface area contributed by atoms with Gasteiger partial charge in [0.15, 0.2) is 35.0 Å². The number of carbonyl (C=O) groups is 5. The van der Waals surface area contributed by atoms with E-state index in [4.69, 9.17) is 36.0 Å². The molecule has 482 valence electrons. The van der Waals surface area contributed by atoms with Crippen LogP contribution in [0.3, 0.4) is 0 Å². The van der Waals surface area contributed by atoms with E-state index in [2.05, 4.69) is 77.5 Å². The van der Waals surface area contributed by atoms with Crippen LogP contribution in [0.5, 0.6) is 0 Å². The predicted molar refractivity (Wildman–Crippen MR) is 325 cm³/mol. The maximum Gasteiger partial charge on any atom is 1.00 e. The van der Waals surface area contributed by atoms with Crippen LogP contribution in [-0.2, 0) is 70.0 Å². The van der Waals surface area contributed by atoms with E-state index in [-0.39, 0.29) is 118 Å². The Bertz CT molecular complexity index is 2110. The Labute approximate surface area is 546 Å². The number of unbranched alkanes of at least 4 members (excludes halogenated alkanes) is 1. The molecule has 4 saturated carbocycles. The van der Waals surface area contributed by atoms with E-state index >= 15 is 0 Å². The second kappa shape index (κ2) is 34.0. The number of carbonyl (C=O) groups excluding carboxylic acids is 5. The Morgan fingerprint density at radius 1 is 0.663 bits per heavy atom. The van der Waals surface area contributed by atoms with Crippen molar-refractivity contribution >= 4 is 73.6 Å². The van der Waals surface area contributed by atoms with Gasteiger partial charge in [-0.05, 0) is 195 Å². The molecule has 1 heterocycles. The summed E-state index contributed by atoms with van der Waals surface area (Å²) in [5.74, 6) is -1.34. The van der Waals surface area contributed by atoms with E-state index in [1.807, 2.05) is 62.3 Å². The van der Waals surface area contributed by atoms with Gasteiger partial charge in [-0.2, -0.15) is 13.2 Å². The fourth-order valence-corrected chi connectivity index (χ4v) is 24.9. The summed E-state index contributed by atoms with van der Waals surface area (Å²) in [5, 5.41) is 0. The van der Waals surface area contributed by atoms with Gasteiger partial charge in [0, 0.05) is 11.5 Å². The van der Waals surface area contributed by atoms with Crippen molar-refractivity contribution in [2.24, 2.45) is 45.3 Å². The normalized spacial score (nSPS) is 22.3. The zero-order chi connectivity index (χ0) is 63.8. The van der Waals surface area contributed by atoms with Crippen LogP contribution in [0.15, 0.2) is 0 Å². The number of amides is 1. The number of hydrogen-bond donors (Lipinski definition) is 0. The maximum atomic E-state index is 12.7. The number of nitrogens with zero attached hydrogens (tertiary/aromatic N) is 1. The first-order chi connectivity index (χ1) is 37.2. The first-order valence-corrected chi connectivity index (χ1v) is 43.8. The molecule has 5 atom stereocenters. The number of halogens is 3. The number of hydrogen-bond acceptors (Lipinski definition) is 15. The molecule has 5 rings (SSSR count). The summed E-state index contributed by atoms with van der Waals surface area (Å²) >= 11 is 0. The average Bonchev–Trinajstić information content (AvgIpc) is 4.17. The van der Waals surface area contributed by atoms with Crippen LogP contribution >= 0.6 is 0 Å². The van der Waals surface area contributed by atoms with Gasteiger partial charge < -0.3 is 45.5 Å². The van der Waals surface area contributed by atoms with Crippen molar-refractivity contribution in [3.63, 3.8) is 0 Å². The molecule has 16 nitrogen and oxygen atoms in total. The molecule has 5 aliphatic rings. The topological polar surface area (TPSA) is 211 Å². The molecule has 1 amide bonds. The molecule has 0 aromatic rings. The maximum absolute atomic E-state index is 12.7. The van der Waals surface area contributed by atoms with Crippen LogP contribution in [0.2, 0.25) is 65.0 Å². The number of alkyl halides is 3. The molecule has 1 aliphatic heterocycles. The van der Waals surface area contributed by atoms with E-state index in [0.717, 1.165) is 38.7 Å². The van der Waals surface area contributed by atoms with Crippen molar-refractivity contribution in [3.8, 4) is 0 Å². The van der Waals surface area contributed by atoms with E-state index < -0.39 is 83.0 Å². The van der Waals surface area contributed by atoms with Gasteiger partial charge in [0.05, 0.1) is 47.9 Å². The molecule has 5 unspecified atom stereocenters. The molecule has 5 fully saturated rings. The Balaban J connectivity index is 0.00000114. The fraction of sp³-hybridized carbons (Fsp3) is 0.914. The number of epoxide rings is 1. The standard InChI is InChI=1S/C18H26F3NO5S.C18H44O5Si4.C13H26O2.C9H16O3.K/c1-4-15(2,3)14(24)27-17-8-11-5-12(9-17)7-16(6-11,10-17)13(23)22-28(25,26)18(19,20)21;1-13-18(2,3)17(19)20-15-14-16-27(21-24(4,5)6,22-25(7,8)9)23-26(10,11)12;1-5-8-9-12(7-3)10-15-13(14)11(4)6-2;1-4-9(2,3)8(10)12-6-7-5-11-7;/h11-12H,4-10H2,1-3H3,(H,22,23);13-16H2,1-12H3;11-12H,5-10H2,1-4H3;7H,4-6H2,1-3H3;/q;;;;+1/p-1. The molecule has 83 heavy (non-hydrogen) atoms. The molecular formula is C58H111F3KNO15SSi4. The third-order valence-corrected chi connectivity index (χ3v) is 28.7. The van der Waals surface area contributed by atoms with Gasteiger partial charge in [-0.3, -0.25) is 19.2 Å². The van der Waals surface area contributed by atoms with Gasteiger partial charge in [-0.25, -0.2) is 8.42 Å². The van der Waals surface area contributed by atoms with E-state index in [9.17, 15) is 45.6 Å².